The molecule has 0 spiro atoms. The third-order valence-electron chi connectivity index (χ3n) is 10.2. The van der Waals surface area contributed by atoms with Gasteiger partial charge < -0.3 is 5.32 Å². The zero-order chi connectivity index (χ0) is 36.9. The molecule has 0 rings (SSSR count). The number of carbonyl (C=O) groups excluding carboxylic acids is 1. The van der Waals surface area contributed by atoms with Gasteiger partial charge in [0.05, 0.1) is 0 Å². The Bertz CT molecular complexity index is 558. The molecular weight excluding hydrogens is 595 g/mol. The third kappa shape index (κ3) is 51.8. The Morgan fingerprint density at radius 3 is 1.06 bits per heavy atom. The number of nitrogens with one attached hydrogen (secondary N) is 1. The molecule has 0 saturated heterocycles. The van der Waals surface area contributed by atoms with Crippen molar-refractivity contribution < 1.29 is 4.79 Å². The minimum Gasteiger partial charge on any atom is -0.317 e. The first-order valence-corrected chi connectivity index (χ1v) is 22.7. The van der Waals surface area contributed by atoms with Crippen molar-refractivity contribution in [2.45, 2.75) is 260 Å². The van der Waals surface area contributed by atoms with Crippen molar-refractivity contribution >= 4 is 5.78 Å². The standard InChI is InChI=1S/C27H55NO.C18H38.C2H4/c1-4-6-8-10-13-17-21-26(3)25-27(29)22-18-14-12-16-20-24-28-23-19-15-11-9-7-5-2;1-4-6-8-10-12-14-16-18(3)17-15-13-11-9-7-5-2;1-2/h26,28H,4-25H2,1-3H3;18H,4-17H2,1-3H3;1-2H2. The van der Waals surface area contributed by atoms with Gasteiger partial charge in [-0.25, -0.2) is 0 Å². The van der Waals surface area contributed by atoms with Crippen LogP contribution in [-0.4, -0.2) is 18.9 Å². The van der Waals surface area contributed by atoms with E-state index in [0.717, 1.165) is 25.2 Å². The summed E-state index contributed by atoms with van der Waals surface area (Å²) in [5, 5.41) is 3.58. The average Bonchev–Trinajstić information content (AvgIpc) is 3.10. The molecule has 0 amide bonds. The molecule has 2 nitrogen and oxygen atoms in total. The van der Waals surface area contributed by atoms with Crippen molar-refractivity contribution in [2.75, 3.05) is 13.1 Å². The molecule has 296 valence electrons. The average molecular weight is 692 g/mol. The number of Topliss-reactive ketones (excluding diaryl/α,β-unsaturated/α-hetero) is 1. The molecule has 0 fully saturated rings. The van der Waals surface area contributed by atoms with Crippen molar-refractivity contribution in [3.05, 3.63) is 13.2 Å². The number of hydrogen-bond acceptors (Lipinski definition) is 2. The first kappa shape index (κ1) is 52.7. The van der Waals surface area contributed by atoms with E-state index in [-0.39, 0.29) is 0 Å². The van der Waals surface area contributed by atoms with Crippen molar-refractivity contribution in [3.63, 3.8) is 0 Å². The minimum absolute atomic E-state index is 0.504. The van der Waals surface area contributed by atoms with Gasteiger partial charge in [0.15, 0.2) is 0 Å². The minimum atomic E-state index is 0.504. The second-order valence-corrected chi connectivity index (χ2v) is 15.7. The number of ketones is 1. The molecule has 0 aromatic rings. The van der Waals surface area contributed by atoms with Crippen LogP contribution in [0.4, 0.5) is 0 Å². The van der Waals surface area contributed by atoms with Crippen molar-refractivity contribution in [2.24, 2.45) is 11.8 Å². The van der Waals surface area contributed by atoms with Crippen LogP contribution < -0.4 is 5.32 Å². The fourth-order valence-corrected chi connectivity index (χ4v) is 6.81. The predicted octanol–water partition coefficient (Wildman–Crippen LogP) is 16.5. The maximum Gasteiger partial charge on any atom is 0.133 e. The maximum absolute atomic E-state index is 12.1. The Balaban J connectivity index is -0.000000906. The quantitative estimate of drug-likeness (QED) is 0.0516. The summed E-state index contributed by atoms with van der Waals surface area (Å²) < 4.78 is 0. The SMILES string of the molecule is C=C.CCCCCCCCC(C)CCCCCCCC.CCCCCCCCNCCCCCCCC(=O)CC(C)CCCCCCCC. The molecule has 1 N–H and O–H groups in total. The second-order valence-electron chi connectivity index (χ2n) is 15.7. The van der Waals surface area contributed by atoms with Gasteiger partial charge in [-0.05, 0) is 44.2 Å². The lowest BCUT2D eigenvalue weighted by atomic mass is 9.95. The molecule has 1 unspecified atom stereocenters. The van der Waals surface area contributed by atoms with E-state index in [9.17, 15) is 4.79 Å². The predicted molar refractivity (Wildman–Crippen MR) is 227 cm³/mol. The Morgan fingerprint density at radius 1 is 0.408 bits per heavy atom. The molecule has 0 aromatic heterocycles. The van der Waals surface area contributed by atoms with Crippen LogP contribution in [0.1, 0.15) is 260 Å². The lowest BCUT2D eigenvalue weighted by Gasteiger charge is -2.10. The highest BCUT2D eigenvalue weighted by Gasteiger charge is 2.09. The van der Waals surface area contributed by atoms with Gasteiger partial charge >= 0.3 is 0 Å². The lowest BCUT2D eigenvalue weighted by Crippen LogP contribution is -2.16. The highest BCUT2D eigenvalue weighted by atomic mass is 16.1. The Hall–Kier alpha value is -0.630. The first-order valence-electron chi connectivity index (χ1n) is 22.7. The summed E-state index contributed by atoms with van der Waals surface area (Å²) >= 11 is 0. The van der Waals surface area contributed by atoms with Crippen LogP contribution in [0.25, 0.3) is 0 Å². The van der Waals surface area contributed by atoms with E-state index in [1.54, 1.807) is 0 Å². The summed E-state index contributed by atoms with van der Waals surface area (Å²) in [6, 6.07) is 0. The summed E-state index contributed by atoms with van der Waals surface area (Å²) in [4.78, 5) is 12.1. The van der Waals surface area contributed by atoms with E-state index in [4.69, 9.17) is 0 Å². The van der Waals surface area contributed by atoms with Crippen LogP contribution in [-0.2, 0) is 4.79 Å². The number of unbranched alkanes of at least 4 members (excludes halogenated alkanes) is 24. The molecule has 0 aliphatic carbocycles. The van der Waals surface area contributed by atoms with Crippen LogP contribution >= 0.6 is 0 Å². The van der Waals surface area contributed by atoms with E-state index >= 15 is 0 Å². The monoisotopic (exact) mass is 692 g/mol. The first-order chi connectivity index (χ1) is 24.0. The van der Waals surface area contributed by atoms with Gasteiger partial charge in [0, 0.05) is 12.8 Å². The highest BCUT2D eigenvalue weighted by Crippen LogP contribution is 2.19. The van der Waals surface area contributed by atoms with Gasteiger partial charge in [-0.2, -0.15) is 0 Å². The molecule has 49 heavy (non-hydrogen) atoms. The van der Waals surface area contributed by atoms with Crippen LogP contribution in [0.15, 0.2) is 13.2 Å². The number of carbonyl (C=O) groups is 1. The normalized spacial score (nSPS) is 11.6. The zero-order valence-corrected chi connectivity index (χ0v) is 35.4. The molecule has 0 saturated carbocycles. The topological polar surface area (TPSA) is 29.1 Å². The molecular formula is C47H97NO. The summed E-state index contributed by atoms with van der Waals surface area (Å²) in [6.07, 6.45) is 45.8. The Labute approximate surface area is 313 Å². The lowest BCUT2D eigenvalue weighted by molar-refractivity contribution is -0.120. The van der Waals surface area contributed by atoms with Gasteiger partial charge in [-0.1, -0.05) is 228 Å². The van der Waals surface area contributed by atoms with E-state index in [1.807, 2.05) is 0 Å². The number of rotatable bonds is 38. The maximum atomic E-state index is 12.1. The summed E-state index contributed by atoms with van der Waals surface area (Å²) in [7, 11) is 0. The van der Waals surface area contributed by atoms with Gasteiger partial charge in [-0.3, -0.25) is 4.79 Å². The molecule has 1 atom stereocenters. The summed E-state index contributed by atoms with van der Waals surface area (Å²) in [5.41, 5.74) is 0. The molecule has 0 radical (unpaired) electrons. The van der Waals surface area contributed by atoms with Crippen molar-refractivity contribution in [1.82, 2.24) is 5.32 Å². The Morgan fingerprint density at radius 2 is 0.694 bits per heavy atom. The van der Waals surface area contributed by atoms with Gasteiger partial charge in [0.2, 0.25) is 0 Å². The Kier molecular flexibility index (Phi) is 53.2. The molecule has 0 heterocycles. The molecule has 0 aliphatic heterocycles. The second kappa shape index (κ2) is 49.5. The number of hydrogen-bond donors (Lipinski definition) is 1. The summed E-state index contributed by atoms with van der Waals surface area (Å²) in [5.74, 6) is 2.07. The molecule has 2 heteroatoms. The van der Waals surface area contributed by atoms with Crippen LogP contribution in [0.2, 0.25) is 0 Å². The van der Waals surface area contributed by atoms with Crippen LogP contribution in [0.3, 0.4) is 0 Å². The van der Waals surface area contributed by atoms with Crippen LogP contribution in [0, 0.1) is 11.8 Å². The van der Waals surface area contributed by atoms with E-state index < -0.39 is 0 Å². The largest absolute Gasteiger partial charge is 0.317 e. The fraction of sp³-hybridized carbons (Fsp3) is 0.936. The van der Waals surface area contributed by atoms with E-state index in [2.05, 4.69) is 60.0 Å². The van der Waals surface area contributed by atoms with E-state index in [1.165, 1.54) is 212 Å². The molecule has 0 bridgehead atoms. The van der Waals surface area contributed by atoms with Crippen molar-refractivity contribution in [3.8, 4) is 0 Å². The highest BCUT2D eigenvalue weighted by molar-refractivity contribution is 5.78. The zero-order valence-electron chi connectivity index (χ0n) is 35.4. The van der Waals surface area contributed by atoms with Gasteiger partial charge in [0.25, 0.3) is 0 Å². The smallest absolute Gasteiger partial charge is 0.133 e. The van der Waals surface area contributed by atoms with Gasteiger partial charge in [-0.15, -0.1) is 13.2 Å². The van der Waals surface area contributed by atoms with Crippen LogP contribution in [0.5, 0.6) is 0 Å². The van der Waals surface area contributed by atoms with Gasteiger partial charge in [0.1, 0.15) is 5.78 Å². The molecule has 0 aliphatic rings. The third-order valence-corrected chi connectivity index (χ3v) is 10.2. The fourth-order valence-electron chi connectivity index (χ4n) is 6.81. The molecule has 0 aromatic carbocycles. The van der Waals surface area contributed by atoms with E-state index in [0.29, 0.717) is 11.7 Å². The van der Waals surface area contributed by atoms with Crippen molar-refractivity contribution in [1.29, 1.82) is 0 Å². The summed E-state index contributed by atoms with van der Waals surface area (Å²) in [6.45, 7) is 22.2.